The molecule has 0 amide bonds. The van der Waals surface area contributed by atoms with Crippen LogP contribution in [0.5, 0.6) is 0 Å². The molecule has 0 saturated heterocycles. The third-order valence-corrected chi connectivity index (χ3v) is 4.86. The predicted molar refractivity (Wildman–Crippen MR) is 59.5 cm³/mol. The van der Waals surface area contributed by atoms with Gasteiger partial charge in [0.1, 0.15) is 0 Å². The molecule has 0 saturated carbocycles. The summed E-state index contributed by atoms with van der Waals surface area (Å²) < 4.78 is 1.17. The molecule has 0 fully saturated rings. The molecule has 0 bridgehead atoms. The van der Waals surface area contributed by atoms with Gasteiger partial charge in [0.15, 0.2) is 0 Å². The lowest BCUT2D eigenvalue weighted by Gasteiger charge is -1.99. The molecule has 1 aliphatic heterocycles. The first-order valence-corrected chi connectivity index (χ1v) is 6.55. The molecule has 0 aromatic heterocycles. The first kappa shape index (κ1) is 8.14. The molecule has 0 aliphatic carbocycles. The molecule has 0 radical (unpaired) electrons. The fraction of sp³-hybridized carbons (Fsp3) is 0.100. The highest BCUT2D eigenvalue weighted by Gasteiger charge is 2.02. The van der Waals surface area contributed by atoms with Crippen molar-refractivity contribution in [3.8, 4) is 0 Å². The number of benzene rings is 1. The summed E-state index contributed by atoms with van der Waals surface area (Å²) in [5.74, 6) is 0. The zero-order chi connectivity index (χ0) is 8.39. The maximum atomic E-state index is 3.44. The number of rotatable bonds is 1. The quantitative estimate of drug-likeness (QED) is 0.656. The van der Waals surface area contributed by atoms with Crippen LogP contribution in [0, 0.1) is 0 Å². The Balaban J connectivity index is 2.30. The molecule has 12 heavy (non-hydrogen) atoms. The highest BCUT2D eigenvalue weighted by Crippen LogP contribution is 2.06. The first-order valence-electron chi connectivity index (χ1n) is 3.98. The van der Waals surface area contributed by atoms with E-state index in [1.165, 1.54) is 15.7 Å². The van der Waals surface area contributed by atoms with E-state index in [4.69, 9.17) is 0 Å². The lowest BCUT2D eigenvalue weighted by molar-refractivity contribution is 1.66. The number of halogens is 1. The molecule has 1 heterocycles. The van der Waals surface area contributed by atoms with Gasteiger partial charge in [0.2, 0.25) is 0 Å². The van der Waals surface area contributed by atoms with Crippen LogP contribution in [-0.2, 0) is 0 Å². The highest BCUT2D eigenvalue weighted by molar-refractivity contribution is 9.10. The van der Waals surface area contributed by atoms with E-state index in [1.54, 1.807) is 0 Å². The molecule has 2 rings (SSSR count). The maximum Gasteiger partial charge on any atom is 0.0497 e. The molecule has 0 N–H and O–H groups in total. The minimum absolute atomic E-state index is 0.363. The topological polar surface area (TPSA) is 0 Å². The Morgan fingerprint density at radius 2 is 1.92 bits per heavy atom. The van der Waals surface area contributed by atoms with Gasteiger partial charge in [-0.05, 0) is 23.4 Å². The van der Waals surface area contributed by atoms with Crippen molar-refractivity contribution in [3.05, 3.63) is 40.9 Å². The lowest BCUT2D eigenvalue weighted by atomic mass is 10.4. The van der Waals surface area contributed by atoms with Crippen molar-refractivity contribution in [3.63, 3.8) is 0 Å². The number of hydrogen-bond acceptors (Lipinski definition) is 0. The molecular weight excluding hydrogens is 228 g/mol. The molecule has 2 heteroatoms. The minimum Gasteiger partial charge on any atom is -0.0841 e. The van der Waals surface area contributed by atoms with E-state index in [1.807, 2.05) is 0 Å². The predicted octanol–water partition coefficient (Wildman–Crippen LogP) is 2.10. The summed E-state index contributed by atoms with van der Waals surface area (Å²) in [6.07, 6.45) is 4.45. The molecule has 0 spiro atoms. The van der Waals surface area contributed by atoms with Gasteiger partial charge in [-0.2, -0.15) is 0 Å². The van der Waals surface area contributed by atoms with Crippen molar-refractivity contribution in [1.29, 1.82) is 0 Å². The standard InChI is InChI=1S/C10H9BrSi/c11-9-3-5-10(6-4-9)12-7-1-2-8-12/h1-7H,8H2. The van der Waals surface area contributed by atoms with Gasteiger partial charge in [-0.25, -0.2) is 0 Å². The van der Waals surface area contributed by atoms with Crippen LogP contribution in [0.3, 0.4) is 0 Å². The Morgan fingerprint density at radius 3 is 2.50 bits per heavy atom. The Kier molecular flexibility index (Phi) is 2.37. The van der Waals surface area contributed by atoms with Crippen molar-refractivity contribution in [2.24, 2.45) is 0 Å². The lowest BCUT2D eigenvalue weighted by Crippen LogP contribution is -2.20. The minimum atomic E-state index is -0.363. The van der Waals surface area contributed by atoms with Crippen LogP contribution in [0.1, 0.15) is 0 Å². The van der Waals surface area contributed by atoms with Gasteiger partial charge in [-0.1, -0.05) is 45.9 Å². The van der Waals surface area contributed by atoms with E-state index in [0.717, 1.165) is 0 Å². The van der Waals surface area contributed by atoms with Crippen molar-refractivity contribution in [2.45, 2.75) is 6.04 Å². The summed E-state index contributed by atoms with van der Waals surface area (Å²) in [4.78, 5) is 0. The highest BCUT2D eigenvalue weighted by atomic mass is 79.9. The summed E-state index contributed by atoms with van der Waals surface area (Å²) in [5.41, 5.74) is 2.36. The van der Waals surface area contributed by atoms with E-state index in [0.29, 0.717) is 0 Å². The summed E-state index contributed by atoms with van der Waals surface area (Å²) in [6, 6.07) is 9.95. The first-order chi connectivity index (χ1) is 5.86. The Morgan fingerprint density at radius 1 is 1.17 bits per heavy atom. The smallest absolute Gasteiger partial charge is 0.0497 e. The summed E-state index contributed by atoms with van der Waals surface area (Å²) in [6.45, 7) is 0. The zero-order valence-electron chi connectivity index (χ0n) is 6.63. The molecule has 0 nitrogen and oxygen atoms in total. The largest absolute Gasteiger partial charge is 0.0841 e. The second-order valence-corrected chi connectivity index (χ2v) is 6.12. The fourth-order valence-electron chi connectivity index (χ4n) is 1.33. The van der Waals surface area contributed by atoms with Gasteiger partial charge in [0.25, 0.3) is 0 Å². The normalized spacial score (nSPS) is 14.9. The maximum absolute atomic E-state index is 3.44. The Labute approximate surface area is 82.3 Å². The Hall–Kier alpha value is -0.473. The van der Waals surface area contributed by atoms with E-state index in [2.05, 4.69) is 58.0 Å². The summed E-state index contributed by atoms with van der Waals surface area (Å²) >= 11 is 3.44. The molecule has 0 atom stereocenters. The van der Waals surface area contributed by atoms with E-state index < -0.39 is 0 Å². The van der Waals surface area contributed by atoms with Crippen LogP contribution in [0.25, 0.3) is 0 Å². The van der Waals surface area contributed by atoms with Gasteiger partial charge in [0, 0.05) is 12.9 Å². The molecule has 1 aliphatic rings. The van der Waals surface area contributed by atoms with Gasteiger partial charge in [0.05, 0.1) is 0 Å². The summed E-state index contributed by atoms with van der Waals surface area (Å²) in [5, 5.41) is 1.51. The number of allylic oxidation sites excluding steroid dienone is 2. The van der Waals surface area contributed by atoms with E-state index in [-0.39, 0.29) is 8.41 Å². The average Bonchev–Trinajstić information content (AvgIpc) is 2.58. The Bertz CT molecular complexity index is 335. The monoisotopic (exact) mass is 236 g/mol. The van der Waals surface area contributed by atoms with Crippen LogP contribution in [0.2, 0.25) is 6.04 Å². The number of hydrogen-bond donors (Lipinski definition) is 0. The van der Waals surface area contributed by atoms with Crippen LogP contribution in [0.15, 0.2) is 40.9 Å². The molecule has 60 valence electrons. The van der Waals surface area contributed by atoms with Gasteiger partial charge in [-0.3, -0.25) is 0 Å². The van der Waals surface area contributed by atoms with Crippen molar-refractivity contribution >= 4 is 35.2 Å². The molecule has 1 aromatic rings. The van der Waals surface area contributed by atoms with Crippen molar-refractivity contribution in [1.82, 2.24) is 0 Å². The van der Waals surface area contributed by atoms with Crippen LogP contribution in [-0.4, -0.2) is 14.1 Å². The average molecular weight is 237 g/mol. The molecule has 1 aromatic carbocycles. The van der Waals surface area contributed by atoms with E-state index >= 15 is 0 Å². The summed E-state index contributed by atoms with van der Waals surface area (Å²) in [7, 11) is -0.363. The van der Waals surface area contributed by atoms with Crippen LogP contribution >= 0.6 is 15.9 Å². The third kappa shape index (κ3) is 1.64. The van der Waals surface area contributed by atoms with Crippen LogP contribution in [0.4, 0.5) is 0 Å². The van der Waals surface area contributed by atoms with Crippen LogP contribution < -0.4 is 5.19 Å². The molecular formula is C10H9BrSi. The van der Waals surface area contributed by atoms with Gasteiger partial charge in [-0.15, -0.1) is 0 Å². The van der Waals surface area contributed by atoms with Crippen molar-refractivity contribution in [2.75, 3.05) is 0 Å². The third-order valence-electron chi connectivity index (χ3n) is 1.99. The van der Waals surface area contributed by atoms with E-state index in [9.17, 15) is 0 Å². The SMILES string of the molecule is Brc1ccc([Si]2=CC=CC2)cc1. The second-order valence-electron chi connectivity index (χ2n) is 2.83. The van der Waals surface area contributed by atoms with Gasteiger partial charge < -0.3 is 0 Å². The zero-order valence-corrected chi connectivity index (χ0v) is 9.21. The van der Waals surface area contributed by atoms with Crippen molar-refractivity contribution < 1.29 is 0 Å². The second kappa shape index (κ2) is 3.50. The van der Waals surface area contributed by atoms with Gasteiger partial charge >= 0.3 is 0 Å². The fourth-order valence-corrected chi connectivity index (χ4v) is 3.51. The molecule has 0 unspecified atom stereocenters.